The second kappa shape index (κ2) is 17.9. The number of unbranched alkanes of at least 4 members (excludes halogenated alkanes) is 13. The number of hydrogen-bond acceptors (Lipinski definition) is 3. The van der Waals surface area contributed by atoms with Crippen LogP contribution in [0, 0.1) is 10.1 Å². The molecule has 0 unspecified atom stereocenters. The van der Waals surface area contributed by atoms with Crippen LogP contribution in [0.5, 0.6) is 0 Å². The molecular formula is C26H41NO3. The van der Waals surface area contributed by atoms with Gasteiger partial charge in [-0.25, -0.2) is 0 Å². The molecule has 0 saturated carbocycles. The van der Waals surface area contributed by atoms with Crippen molar-refractivity contribution in [2.24, 2.45) is 0 Å². The van der Waals surface area contributed by atoms with Gasteiger partial charge in [0.15, 0.2) is 5.78 Å². The van der Waals surface area contributed by atoms with Crippen LogP contribution in [0.4, 0.5) is 5.69 Å². The molecule has 30 heavy (non-hydrogen) atoms. The Hall–Kier alpha value is -1.97. The minimum absolute atomic E-state index is 0.0276. The van der Waals surface area contributed by atoms with E-state index in [2.05, 4.69) is 19.1 Å². The molecule has 0 N–H and O–H groups in total. The number of nitrogens with zero attached hydrogens (tertiary/aromatic N) is 1. The summed E-state index contributed by atoms with van der Waals surface area (Å²) in [5.41, 5.74) is 0.602. The first-order valence-corrected chi connectivity index (χ1v) is 12.1. The van der Waals surface area contributed by atoms with Crippen molar-refractivity contribution in [1.29, 1.82) is 0 Å². The Morgan fingerprint density at radius 3 is 1.73 bits per heavy atom. The van der Waals surface area contributed by atoms with Gasteiger partial charge in [-0.3, -0.25) is 14.9 Å². The topological polar surface area (TPSA) is 60.2 Å². The Morgan fingerprint density at radius 1 is 0.767 bits per heavy atom. The number of carbonyl (C=O) groups excluding carboxylic acids is 1. The molecule has 4 nitrogen and oxygen atoms in total. The largest absolute Gasteiger partial charge is 0.294 e. The molecule has 1 aromatic rings. The summed E-state index contributed by atoms with van der Waals surface area (Å²) in [6.07, 6.45) is 24.2. The van der Waals surface area contributed by atoms with Crippen molar-refractivity contribution in [1.82, 2.24) is 0 Å². The van der Waals surface area contributed by atoms with Gasteiger partial charge in [0, 0.05) is 24.1 Å². The zero-order chi connectivity index (χ0) is 21.9. The number of nitro benzene ring substituents is 1. The molecule has 0 spiro atoms. The van der Waals surface area contributed by atoms with Gasteiger partial charge in [-0.1, -0.05) is 83.3 Å². The lowest BCUT2D eigenvalue weighted by Crippen LogP contribution is -1.99. The first-order valence-electron chi connectivity index (χ1n) is 12.1. The quantitative estimate of drug-likeness (QED) is 0.0747. The number of Topliss-reactive ketones (excluding diaryl/α,β-unsaturated/α-hetero) is 1. The standard InChI is InChI=1S/C26H41NO3/c1-2-3-4-5-6-7-8-9-10-11-12-13-14-15-16-17-18-19-26(28)24-20-22-25(23-21-24)27(29)30/h9-10,20-23H,2-8,11-19H2,1H3/b10-9-. The van der Waals surface area contributed by atoms with Crippen LogP contribution in [0.3, 0.4) is 0 Å². The number of allylic oxidation sites excluding steroid dienone is 2. The summed E-state index contributed by atoms with van der Waals surface area (Å²) in [5.74, 6) is 0.0812. The number of nitro groups is 1. The average Bonchev–Trinajstić information content (AvgIpc) is 2.75. The highest BCUT2D eigenvalue weighted by atomic mass is 16.6. The van der Waals surface area contributed by atoms with Crippen LogP contribution in [-0.2, 0) is 0 Å². The number of ketones is 1. The fourth-order valence-electron chi connectivity index (χ4n) is 3.62. The van der Waals surface area contributed by atoms with Gasteiger partial charge >= 0.3 is 0 Å². The van der Waals surface area contributed by atoms with E-state index < -0.39 is 4.92 Å². The second-order valence-corrected chi connectivity index (χ2v) is 8.27. The number of benzene rings is 1. The zero-order valence-corrected chi connectivity index (χ0v) is 18.9. The SMILES string of the molecule is CCCCCCCC/C=C\CCCCCCCCCC(=O)c1ccc([N+](=O)[O-])cc1. The highest BCUT2D eigenvalue weighted by Crippen LogP contribution is 2.16. The number of non-ortho nitro benzene ring substituents is 1. The van der Waals surface area contributed by atoms with Gasteiger partial charge in [0.1, 0.15) is 0 Å². The maximum atomic E-state index is 12.1. The molecule has 0 amide bonds. The van der Waals surface area contributed by atoms with E-state index in [1.54, 1.807) is 12.1 Å². The van der Waals surface area contributed by atoms with E-state index in [0.717, 1.165) is 12.8 Å². The molecule has 4 heteroatoms. The lowest BCUT2D eigenvalue weighted by atomic mass is 10.0. The fourth-order valence-corrected chi connectivity index (χ4v) is 3.62. The molecule has 0 saturated heterocycles. The molecule has 0 aliphatic heterocycles. The summed E-state index contributed by atoms with van der Waals surface area (Å²) in [4.78, 5) is 22.3. The van der Waals surface area contributed by atoms with Gasteiger partial charge in [0.05, 0.1) is 4.92 Å². The fraction of sp³-hybridized carbons (Fsp3) is 0.654. The van der Waals surface area contributed by atoms with Crippen molar-refractivity contribution in [3.8, 4) is 0 Å². The van der Waals surface area contributed by atoms with Gasteiger partial charge in [-0.2, -0.15) is 0 Å². The summed E-state index contributed by atoms with van der Waals surface area (Å²) in [7, 11) is 0. The first-order chi connectivity index (χ1) is 14.6. The molecular weight excluding hydrogens is 374 g/mol. The molecule has 0 heterocycles. The second-order valence-electron chi connectivity index (χ2n) is 8.27. The minimum Gasteiger partial charge on any atom is -0.294 e. The third-order valence-electron chi connectivity index (χ3n) is 5.57. The summed E-state index contributed by atoms with van der Waals surface area (Å²) in [6.45, 7) is 2.26. The minimum atomic E-state index is -0.443. The van der Waals surface area contributed by atoms with E-state index in [0.29, 0.717) is 12.0 Å². The van der Waals surface area contributed by atoms with E-state index in [1.807, 2.05) is 0 Å². The van der Waals surface area contributed by atoms with Gasteiger partial charge in [0.25, 0.3) is 5.69 Å². The molecule has 0 fully saturated rings. The van der Waals surface area contributed by atoms with Crippen LogP contribution in [0.1, 0.15) is 120 Å². The van der Waals surface area contributed by atoms with E-state index in [-0.39, 0.29) is 11.5 Å². The Balaban J connectivity index is 1.90. The summed E-state index contributed by atoms with van der Waals surface area (Å²) in [6, 6.07) is 5.92. The molecule has 0 bridgehead atoms. The smallest absolute Gasteiger partial charge is 0.269 e. The van der Waals surface area contributed by atoms with E-state index >= 15 is 0 Å². The van der Waals surface area contributed by atoms with Crippen molar-refractivity contribution in [3.05, 3.63) is 52.1 Å². The number of carbonyl (C=O) groups is 1. The predicted molar refractivity (Wildman–Crippen MR) is 126 cm³/mol. The van der Waals surface area contributed by atoms with Crippen LogP contribution in [0.2, 0.25) is 0 Å². The van der Waals surface area contributed by atoms with Crippen molar-refractivity contribution in [2.75, 3.05) is 0 Å². The Bertz CT molecular complexity index is 607. The zero-order valence-electron chi connectivity index (χ0n) is 18.9. The monoisotopic (exact) mass is 415 g/mol. The summed E-state index contributed by atoms with van der Waals surface area (Å²) < 4.78 is 0. The highest BCUT2D eigenvalue weighted by Gasteiger charge is 2.09. The molecule has 1 rings (SSSR count). The molecule has 0 atom stereocenters. The van der Waals surface area contributed by atoms with E-state index in [4.69, 9.17) is 0 Å². The first kappa shape index (κ1) is 26.1. The average molecular weight is 416 g/mol. The highest BCUT2D eigenvalue weighted by molar-refractivity contribution is 5.96. The van der Waals surface area contributed by atoms with Crippen molar-refractivity contribution >= 4 is 11.5 Å². The summed E-state index contributed by atoms with van der Waals surface area (Å²) in [5, 5.41) is 10.6. The molecule has 168 valence electrons. The van der Waals surface area contributed by atoms with Crippen molar-refractivity contribution < 1.29 is 9.72 Å². The maximum absolute atomic E-state index is 12.1. The van der Waals surface area contributed by atoms with Crippen LogP contribution >= 0.6 is 0 Å². The normalized spacial score (nSPS) is 11.2. The number of rotatable bonds is 19. The van der Waals surface area contributed by atoms with Crippen molar-refractivity contribution in [3.63, 3.8) is 0 Å². The van der Waals surface area contributed by atoms with Gasteiger partial charge < -0.3 is 0 Å². The molecule has 0 aliphatic rings. The molecule has 1 aromatic carbocycles. The lowest BCUT2D eigenvalue weighted by Gasteiger charge is -2.02. The maximum Gasteiger partial charge on any atom is 0.269 e. The Kier molecular flexibility index (Phi) is 15.5. The van der Waals surface area contributed by atoms with E-state index in [9.17, 15) is 14.9 Å². The van der Waals surface area contributed by atoms with Crippen LogP contribution in [0.15, 0.2) is 36.4 Å². The molecule has 0 aromatic heterocycles. The Labute approximate surface area is 183 Å². The predicted octanol–water partition coefficient (Wildman–Crippen LogP) is 8.60. The Morgan fingerprint density at radius 2 is 1.23 bits per heavy atom. The van der Waals surface area contributed by atoms with E-state index in [1.165, 1.54) is 95.6 Å². The summed E-state index contributed by atoms with van der Waals surface area (Å²) >= 11 is 0. The molecule has 0 aliphatic carbocycles. The van der Waals surface area contributed by atoms with Gasteiger partial charge in [0.2, 0.25) is 0 Å². The van der Waals surface area contributed by atoms with Crippen LogP contribution in [-0.4, -0.2) is 10.7 Å². The van der Waals surface area contributed by atoms with Crippen LogP contribution < -0.4 is 0 Å². The number of hydrogen-bond donors (Lipinski definition) is 0. The van der Waals surface area contributed by atoms with Gasteiger partial charge in [-0.05, 0) is 44.2 Å². The third-order valence-corrected chi connectivity index (χ3v) is 5.57. The van der Waals surface area contributed by atoms with Gasteiger partial charge in [-0.15, -0.1) is 0 Å². The third kappa shape index (κ3) is 13.3. The van der Waals surface area contributed by atoms with Crippen molar-refractivity contribution in [2.45, 2.75) is 110 Å². The molecule has 0 radical (unpaired) electrons. The lowest BCUT2D eigenvalue weighted by molar-refractivity contribution is -0.384. The van der Waals surface area contributed by atoms with Crippen LogP contribution in [0.25, 0.3) is 0 Å².